The number of pyridine rings is 1. The monoisotopic (exact) mass is 284 g/mol. The van der Waals surface area contributed by atoms with Crippen LogP contribution >= 0.6 is 0 Å². The fourth-order valence-corrected chi connectivity index (χ4v) is 2.45. The zero-order valence-electron chi connectivity index (χ0n) is 12.2. The van der Waals surface area contributed by atoms with Gasteiger partial charge < -0.3 is 10.0 Å². The molecule has 110 valence electrons. The second kappa shape index (κ2) is 6.39. The molecule has 2 atom stereocenters. The number of hydrogen-bond donors (Lipinski definition) is 1. The van der Waals surface area contributed by atoms with Crippen molar-refractivity contribution in [1.82, 2.24) is 4.98 Å². The molecule has 1 N–H and O–H groups in total. The number of ketones is 1. The van der Waals surface area contributed by atoms with Crippen molar-refractivity contribution in [2.45, 2.75) is 31.7 Å². The average molecular weight is 284 g/mol. The summed E-state index contributed by atoms with van der Waals surface area (Å²) in [7, 11) is 0. The van der Waals surface area contributed by atoms with Crippen molar-refractivity contribution in [2.24, 2.45) is 0 Å². The van der Waals surface area contributed by atoms with E-state index in [4.69, 9.17) is 0 Å². The van der Waals surface area contributed by atoms with Crippen molar-refractivity contribution in [2.75, 3.05) is 4.90 Å². The lowest BCUT2D eigenvalue weighted by molar-refractivity contribution is -0.118. The zero-order valence-corrected chi connectivity index (χ0v) is 12.2. The third kappa shape index (κ3) is 3.21. The van der Waals surface area contributed by atoms with Crippen molar-refractivity contribution in [1.29, 1.82) is 0 Å². The zero-order chi connectivity index (χ0) is 15.4. The second-order valence-electron chi connectivity index (χ2n) is 5.21. The number of aromatic nitrogens is 1. The number of Topliss-reactive ketones (excluding diaryl/α,β-unsaturated/α-hetero) is 1. The van der Waals surface area contributed by atoms with Crippen molar-refractivity contribution in [3.05, 3.63) is 61.2 Å². The molecule has 0 amide bonds. The van der Waals surface area contributed by atoms with E-state index in [9.17, 15) is 9.90 Å². The van der Waals surface area contributed by atoms with Crippen LogP contribution in [0.25, 0.3) is 0 Å². The van der Waals surface area contributed by atoms with Crippen LogP contribution in [0, 0.1) is 0 Å². The van der Waals surface area contributed by atoms with Gasteiger partial charge in [-0.3, -0.25) is 4.79 Å². The SMILES string of the molecule is C=CCC(C=C)c1ccnc(N2C=C(O)C(=O)CC2C)c1. The summed E-state index contributed by atoms with van der Waals surface area (Å²) in [5.41, 5.74) is 1.09. The number of nitrogens with zero attached hydrogens (tertiary/aromatic N) is 2. The topological polar surface area (TPSA) is 53.4 Å². The molecule has 0 spiro atoms. The van der Waals surface area contributed by atoms with E-state index in [2.05, 4.69) is 18.1 Å². The summed E-state index contributed by atoms with van der Waals surface area (Å²) in [5.74, 6) is 0.454. The number of carbonyl (C=O) groups is 1. The minimum atomic E-state index is -0.231. The summed E-state index contributed by atoms with van der Waals surface area (Å²) in [6.07, 6.45) is 8.03. The van der Waals surface area contributed by atoms with Crippen LogP contribution in [0.1, 0.15) is 31.2 Å². The van der Waals surface area contributed by atoms with E-state index in [1.54, 1.807) is 6.20 Å². The molecule has 1 aliphatic heterocycles. The lowest BCUT2D eigenvalue weighted by Gasteiger charge is -2.30. The molecule has 1 aromatic rings. The van der Waals surface area contributed by atoms with Gasteiger partial charge in [0.1, 0.15) is 5.82 Å². The first-order chi connectivity index (χ1) is 10.1. The fourth-order valence-electron chi connectivity index (χ4n) is 2.45. The molecule has 0 aliphatic carbocycles. The Kier molecular flexibility index (Phi) is 4.58. The molecule has 0 fully saturated rings. The summed E-state index contributed by atoms with van der Waals surface area (Å²) in [5, 5.41) is 9.65. The number of aliphatic hydroxyl groups excluding tert-OH is 1. The Morgan fingerprint density at radius 1 is 1.57 bits per heavy atom. The molecule has 21 heavy (non-hydrogen) atoms. The number of carbonyl (C=O) groups excluding carboxylic acids is 1. The maximum atomic E-state index is 11.5. The molecule has 1 aliphatic rings. The quantitative estimate of drug-likeness (QED) is 0.841. The third-order valence-corrected chi connectivity index (χ3v) is 3.67. The number of allylic oxidation sites excluding steroid dienone is 3. The average Bonchev–Trinajstić information content (AvgIpc) is 2.48. The highest BCUT2D eigenvalue weighted by atomic mass is 16.3. The molecule has 0 saturated heterocycles. The Balaban J connectivity index is 2.34. The largest absolute Gasteiger partial charge is 0.503 e. The third-order valence-electron chi connectivity index (χ3n) is 3.67. The lowest BCUT2D eigenvalue weighted by atomic mass is 9.96. The molecular weight excluding hydrogens is 264 g/mol. The first-order valence-corrected chi connectivity index (χ1v) is 6.98. The smallest absolute Gasteiger partial charge is 0.200 e. The van der Waals surface area contributed by atoms with Gasteiger partial charge in [-0.15, -0.1) is 13.2 Å². The van der Waals surface area contributed by atoms with Crippen LogP contribution in [-0.2, 0) is 4.79 Å². The van der Waals surface area contributed by atoms with Gasteiger partial charge >= 0.3 is 0 Å². The van der Waals surface area contributed by atoms with E-state index in [1.807, 2.05) is 36.1 Å². The number of anilines is 1. The van der Waals surface area contributed by atoms with Crippen molar-refractivity contribution in [3.8, 4) is 0 Å². The predicted molar refractivity (Wildman–Crippen MR) is 84.3 cm³/mol. The van der Waals surface area contributed by atoms with Crippen LogP contribution in [0.5, 0.6) is 0 Å². The molecule has 0 saturated carbocycles. The molecule has 2 heterocycles. The first kappa shape index (κ1) is 15.0. The Morgan fingerprint density at radius 2 is 2.33 bits per heavy atom. The Hall–Kier alpha value is -2.36. The van der Waals surface area contributed by atoms with Crippen LogP contribution < -0.4 is 4.90 Å². The van der Waals surface area contributed by atoms with Gasteiger partial charge in [-0.1, -0.05) is 12.2 Å². The highest BCUT2D eigenvalue weighted by molar-refractivity contribution is 5.95. The minimum Gasteiger partial charge on any atom is -0.503 e. The number of aliphatic hydroxyl groups is 1. The van der Waals surface area contributed by atoms with E-state index in [1.165, 1.54) is 6.20 Å². The van der Waals surface area contributed by atoms with Gasteiger partial charge in [-0.05, 0) is 31.0 Å². The molecule has 2 rings (SSSR count). The molecule has 0 bridgehead atoms. The highest BCUT2D eigenvalue weighted by Crippen LogP contribution is 2.27. The van der Waals surface area contributed by atoms with Crippen LogP contribution in [0.2, 0.25) is 0 Å². The van der Waals surface area contributed by atoms with Crippen LogP contribution in [0.4, 0.5) is 5.82 Å². The van der Waals surface area contributed by atoms with E-state index < -0.39 is 0 Å². The van der Waals surface area contributed by atoms with Gasteiger partial charge in [-0.25, -0.2) is 4.98 Å². The first-order valence-electron chi connectivity index (χ1n) is 6.98. The molecule has 1 aromatic heterocycles. The van der Waals surface area contributed by atoms with Gasteiger partial charge in [0.15, 0.2) is 5.76 Å². The summed E-state index contributed by atoms with van der Waals surface area (Å²) >= 11 is 0. The van der Waals surface area contributed by atoms with E-state index in [0.29, 0.717) is 0 Å². The van der Waals surface area contributed by atoms with Gasteiger partial charge in [-0.2, -0.15) is 0 Å². The Morgan fingerprint density at radius 3 is 3.00 bits per heavy atom. The van der Waals surface area contributed by atoms with Crippen LogP contribution in [0.15, 0.2) is 55.6 Å². The van der Waals surface area contributed by atoms with Gasteiger partial charge in [0.05, 0.1) is 6.20 Å². The molecule has 0 aromatic carbocycles. The van der Waals surface area contributed by atoms with Crippen LogP contribution in [-0.4, -0.2) is 21.9 Å². The number of rotatable bonds is 5. The van der Waals surface area contributed by atoms with Crippen LogP contribution in [0.3, 0.4) is 0 Å². The van der Waals surface area contributed by atoms with Crippen molar-refractivity contribution < 1.29 is 9.90 Å². The van der Waals surface area contributed by atoms with E-state index in [-0.39, 0.29) is 29.9 Å². The molecule has 4 heteroatoms. The molecule has 4 nitrogen and oxygen atoms in total. The predicted octanol–water partition coefficient (Wildman–Crippen LogP) is 3.49. The number of hydrogen-bond acceptors (Lipinski definition) is 4. The standard InChI is InChI=1S/C17H20N2O2/c1-4-6-13(5-2)14-7-8-18-17(10-14)19-11-16(21)15(20)9-12(19)3/h4-5,7-8,10-13,21H,1-2,6,9H2,3H3. The van der Waals surface area contributed by atoms with E-state index >= 15 is 0 Å². The summed E-state index contributed by atoms with van der Waals surface area (Å²) in [6.45, 7) is 9.55. The lowest BCUT2D eigenvalue weighted by Crippen LogP contribution is -2.36. The molecular formula is C17H20N2O2. The van der Waals surface area contributed by atoms with Gasteiger partial charge in [0.25, 0.3) is 0 Å². The van der Waals surface area contributed by atoms with Gasteiger partial charge in [0.2, 0.25) is 5.78 Å². The van der Waals surface area contributed by atoms with Crippen molar-refractivity contribution in [3.63, 3.8) is 0 Å². The maximum Gasteiger partial charge on any atom is 0.200 e. The van der Waals surface area contributed by atoms with Crippen molar-refractivity contribution >= 4 is 11.6 Å². The second-order valence-corrected chi connectivity index (χ2v) is 5.21. The van der Waals surface area contributed by atoms with Gasteiger partial charge in [0, 0.05) is 24.6 Å². The minimum absolute atomic E-state index is 0.0299. The highest BCUT2D eigenvalue weighted by Gasteiger charge is 2.26. The molecule has 2 unspecified atom stereocenters. The normalized spacial score (nSPS) is 19.9. The van der Waals surface area contributed by atoms with E-state index in [0.717, 1.165) is 17.8 Å². The molecule has 0 radical (unpaired) electrons. The maximum absolute atomic E-state index is 11.5. The summed E-state index contributed by atoms with van der Waals surface area (Å²) < 4.78 is 0. The Labute approximate surface area is 125 Å². The fraction of sp³-hybridized carbons (Fsp3) is 0.294. The Bertz CT molecular complexity index is 592. The summed E-state index contributed by atoms with van der Waals surface area (Å²) in [4.78, 5) is 17.7. The summed E-state index contributed by atoms with van der Waals surface area (Å²) in [6, 6.07) is 3.88.